The summed E-state index contributed by atoms with van der Waals surface area (Å²) in [6.07, 6.45) is 0. The summed E-state index contributed by atoms with van der Waals surface area (Å²) in [5.74, 6) is 2.25. The molecule has 0 N–H and O–H groups in total. The number of rotatable bonds is 6. The minimum Gasteiger partial charge on any atom is -0.496 e. The lowest BCUT2D eigenvalue weighted by atomic mass is 9.79. The molecule has 4 rings (SSSR count). The SMILES string of the molecule is COc1cc(P(=O)(c2cc(C(C)(C)C)c(OC)c(C(C)(C)C)c2)c2cc(C(C)(C)C)c(OC)c(C(C)(C)C)c2)cc2c1OC(C)(C)O2. The minimum absolute atomic E-state index is 0.296. The van der Waals surface area contributed by atoms with Gasteiger partial charge in [-0.05, 0) is 58.1 Å². The fraction of sp³-hybridized carbons (Fsp3) is 0.550. The highest BCUT2D eigenvalue weighted by molar-refractivity contribution is 7.85. The maximum atomic E-state index is 16.7. The van der Waals surface area contributed by atoms with Crippen LogP contribution in [0, 0.1) is 0 Å². The smallest absolute Gasteiger partial charge is 0.246 e. The Morgan fingerprint density at radius 2 is 0.872 bits per heavy atom. The van der Waals surface area contributed by atoms with Crippen LogP contribution in [0.15, 0.2) is 36.4 Å². The number of hydrogen-bond donors (Lipinski definition) is 0. The Bertz CT molecular complexity index is 1560. The summed E-state index contributed by atoms with van der Waals surface area (Å²) >= 11 is 0. The lowest BCUT2D eigenvalue weighted by Gasteiger charge is -2.34. The van der Waals surface area contributed by atoms with Crippen LogP contribution in [0.5, 0.6) is 28.7 Å². The number of methoxy groups -OCH3 is 3. The zero-order chi connectivity index (χ0) is 35.7. The zero-order valence-electron chi connectivity index (χ0n) is 31.9. The maximum Gasteiger partial charge on any atom is 0.246 e. The van der Waals surface area contributed by atoms with Crippen LogP contribution in [0.4, 0.5) is 0 Å². The summed E-state index contributed by atoms with van der Waals surface area (Å²) in [7, 11) is 1.38. The van der Waals surface area contributed by atoms with Crippen molar-refractivity contribution in [1.82, 2.24) is 0 Å². The van der Waals surface area contributed by atoms with E-state index in [1.54, 1.807) is 21.3 Å². The van der Waals surface area contributed by atoms with E-state index in [2.05, 4.69) is 107 Å². The molecule has 3 aromatic rings. The Labute approximate surface area is 283 Å². The molecule has 1 aliphatic heterocycles. The minimum atomic E-state index is -3.66. The first-order valence-corrected chi connectivity index (χ1v) is 18.2. The van der Waals surface area contributed by atoms with Crippen LogP contribution in [-0.4, -0.2) is 27.1 Å². The molecule has 0 radical (unpaired) electrons. The number of benzene rings is 3. The molecule has 0 aliphatic carbocycles. The Morgan fingerprint density at radius 1 is 0.532 bits per heavy atom. The van der Waals surface area contributed by atoms with E-state index in [0.717, 1.165) is 44.4 Å². The predicted molar refractivity (Wildman–Crippen MR) is 196 cm³/mol. The fourth-order valence-electron chi connectivity index (χ4n) is 6.31. The normalized spacial score (nSPS) is 15.1. The quantitative estimate of drug-likeness (QED) is 0.245. The highest BCUT2D eigenvalue weighted by Crippen LogP contribution is 2.53. The molecule has 258 valence electrons. The van der Waals surface area contributed by atoms with Crippen LogP contribution in [0.1, 0.15) is 119 Å². The molecule has 7 heteroatoms. The molecular formula is C40H57O6P. The van der Waals surface area contributed by atoms with Crippen molar-refractivity contribution in [2.75, 3.05) is 21.3 Å². The van der Waals surface area contributed by atoms with E-state index in [9.17, 15) is 0 Å². The van der Waals surface area contributed by atoms with E-state index in [1.165, 1.54) is 0 Å². The van der Waals surface area contributed by atoms with Gasteiger partial charge in [-0.15, -0.1) is 0 Å². The van der Waals surface area contributed by atoms with Crippen LogP contribution in [0.25, 0.3) is 0 Å². The van der Waals surface area contributed by atoms with Gasteiger partial charge in [0.1, 0.15) is 11.5 Å². The average Bonchev–Trinajstić information content (AvgIpc) is 3.26. The molecule has 0 bridgehead atoms. The van der Waals surface area contributed by atoms with E-state index >= 15 is 4.57 Å². The third kappa shape index (κ3) is 6.77. The molecule has 1 heterocycles. The van der Waals surface area contributed by atoms with E-state index in [-0.39, 0.29) is 21.7 Å². The standard InChI is InChI=1S/C40H57O6P/c1-36(2,3)27-18-24(19-28(33(27)43-16)37(4,5)6)47(41,26-22-31(42-15)35-32(23-26)45-40(13,14)46-35)25-20-29(38(7,8)9)34(44-17)30(21-25)39(10,11)12/h18-23H,1-17H3. The second-order valence-corrected chi connectivity index (χ2v) is 20.1. The fourth-order valence-corrected chi connectivity index (χ4v) is 9.05. The van der Waals surface area contributed by atoms with Crippen molar-refractivity contribution >= 4 is 23.1 Å². The van der Waals surface area contributed by atoms with Gasteiger partial charge in [0.05, 0.1) is 21.3 Å². The van der Waals surface area contributed by atoms with E-state index in [0.29, 0.717) is 22.6 Å². The summed E-state index contributed by atoms with van der Waals surface area (Å²) in [4.78, 5) is 0. The van der Waals surface area contributed by atoms with Crippen molar-refractivity contribution in [3.63, 3.8) is 0 Å². The lowest BCUT2D eigenvalue weighted by molar-refractivity contribution is -0.0439. The first-order chi connectivity index (χ1) is 21.3. The van der Waals surface area contributed by atoms with Crippen LogP contribution in [0.3, 0.4) is 0 Å². The summed E-state index contributed by atoms with van der Waals surface area (Å²) < 4.78 is 47.3. The summed E-state index contributed by atoms with van der Waals surface area (Å²) in [6, 6.07) is 12.1. The topological polar surface area (TPSA) is 63.2 Å². The van der Waals surface area contributed by atoms with Gasteiger partial charge in [-0.25, -0.2) is 0 Å². The zero-order valence-corrected chi connectivity index (χ0v) is 32.8. The first kappa shape index (κ1) is 36.7. The summed E-state index contributed by atoms with van der Waals surface area (Å²) in [5.41, 5.74) is 2.81. The molecule has 0 amide bonds. The number of hydrogen-bond acceptors (Lipinski definition) is 6. The second-order valence-electron chi connectivity index (χ2n) is 17.3. The number of ether oxygens (including phenoxy) is 5. The van der Waals surface area contributed by atoms with Gasteiger partial charge < -0.3 is 28.2 Å². The van der Waals surface area contributed by atoms with Gasteiger partial charge in [-0.3, -0.25) is 0 Å². The largest absolute Gasteiger partial charge is 0.496 e. The molecule has 3 aromatic carbocycles. The Balaban J connectivity index is 2.29. The van der Waals surface area contributed by atoms with Crippen LogP contribution >= 0.6 is 7.14 Å². The first-order valence-electron chi connectivity index (χ1n) is 16.5. The van der Waals surface area contributed by atoms with E-state index < -0.39 is 12.9 Å². The summed E-state index contributed by atoms with van der Waals surface area (Å²) in [6.45, 7) is 29.7. The highest BCUT2D eigenvalue weighted by atomic mass is 31.2. The van der Waals surface area contributed by atoms with Gasteiger partial charge in [-0.2, -0.15) is 0 Å². The van der Waals surface area contributed by atoms with Crippen LogP contribution in [-0.2, 0) is 26.2 Å². The molecule has 0 fully saturated rings. The summed E-state index contributed by atoms with van der Waals surface area (Å²) in [5, 5.41) is 2.04. The van der Waals surface area contributed by atoms with Crippen LogP contribution in [0.2, 0.25) is 0 Å². The van der Waals surface area contributed by atoms with Gasteiger partial charge in [-0.1, -0.05) is 83.1 Å². The van der Waals surface area contributed by atoms with E-state index in [1.807, 2.05) is 26.0 Å². The predicted octanol–water partition coefficient (Wildman–Crippen LogP) is 9.05. The molecular weight excluding hydrogens is 607 g/mol. The van der Waals surface area contributed by atoms with Crippen molar-refractivity contribution in [3.8, 4) is 28.7 Å². The molecule has 47 heavy (non-hydrogen) atoms. The number of fused-ring (bicyclic) bond motifs is 1. The molecule has 6 nitrogen and oxygen atoms in total. The van der Waals surface area contributed by atoms with Crippen molar-refractivity contribution in [2.24, 2.45) is 0 Å². The lowest BCUT2D eigenvalue weighted by Crippen LogP contribution is -2.31. The molecule has 0 unspecified atom stereocenters. The van der Waals surface area contributed by atoms with Gasteiger partial charge in [0.25, 0.3) is 0 Å². The van der Waals surface area contributed by atoms with Crippen molar-refractivity contribution in [3.05, 3.63) is 58.7 Å². The molecule has 0 aromatic heterocycles. The highest BCUT2D eigenvalue weighted by Gasteiger charge is 2.42. The molecule has 0 atom stereocenters. The third-order valence-electron chi connectivity index (χ3n) is 8.81. The monoisotopic (exact) mass is 664 g/mol. The molecule has 1 aliphatic rings. The van der Waals surface area contributed by atoms with Gasteiger partial charge >= 0.3 is 0 Å². The maximum absolute atomic E-state index is 16.7. The van der Waals surface area contributed by atoms with Crippen molar-refractivity contribution in [2.45, 2.75) is 124 Å². The van der Waals surface area contributed by atoms with E-state index in [4.69, 9.17) is 23.7 Å². The second kappa shape index (κ2) is 11.8. The molecule has 0 saturated heterocycles. The Hall–Kier alpha value is -3.11. The van der Waals surface area contributed by atoms with Gasteiger partial charge in [0, 0.05) is 52.0 Å². The van der Waals surface area contributed by atoms with Crippen LogP contribution < -0.4 is 39.6 Å². The average molecular weight is 665 g/mol. The Kier molecular flexibility index (Phi) is 9.21. The third-order valence-corrected chi connectivity index (χ3v) is 11.8. The molecule has 0 spiro atoms. The van der Waals surface area contributed by atoms with Crippen molar-refractivity contribution < 1.29 is 28.2 Å². The molecule has 0 saturated carbocycles. The van der Waals surface area contributed by atoms with Gasteiger partial charge in [0.15, 0.2) is 18.6 Å². The van der Waals surface area contributed by atoms with Gasteiger partial charge in [0.2, 0.25) is 11.5 Å². The Morgan fingerprint density at radius 3 is 1.17 bits per heavy atom. The van der Waals surface area contributed by atoms with Crippen molar-refractivity contribution in [1.29, 1.82) is 0 Å².